The van der Waals surface area contributed by atoms with Gasteiger partial charge in [-0.05, 0) is 86.3 Å². The number of aliphatic carboxylic acids is 1. The molecule has 4 fully saturated rings. The number of hydrogen-bond donors (Lipinski definition) is 2. The van der Waals surface area contributed by atoms with Crippen LogP contribution < -0.4 is 10.1 Å². The lowest BCUT2D eigenvalue weighted by Gasteiger charge is -2.68. The van der Waals surface area contributed by atoms with Gasteiger partial charge in [-0.2, -0.15) is 0 Å². The molecule has 38 heavy (non-hydrogen) atoms. The number of anilines is 2. The van der Waals surface area contributed by atoms with Crippen LogP contribution in [0.2, 0.25) is 0 Å². The van der Waals surface area contributed by atoms with Gasteiger partial charge in [0.1, 0.15) is 0 Å². The van der Waals surface area contributed by atoms with Crippen LogP contribution >= 0.6 is 0 Å². The van der Waals surface area contributed by atoms with E-state index >= 15 is 0 Å². The van der Waals surface area contributed by atoms with E-state index < -0.39 is 28.6 Å². The molecule has 1 spiro atoms. The number of carboxylic acids is 1. The minimum absolute atomic E-state index is 0.0261. The average molecular weight is 522 g/mol. The van der Waals surface area contributed by atoms with Gasteiger partial charge < -0.3 is 15.5 Å². The number of benzene rings is 1. The van der Waals surface area contributed by atoms with Gasteiger partial charge in [0.2, 0.25) is 11.8 Å². The third-order valence-corrected chi connectivity index (χ3v) is 11.5. The zero-order valence-electron chi connectivity index (χ0n) is 22.5. The number of carbonyl (C=O) groups is 3. The number of fused-ring (bicyclic) bond motifs is 1. The van der Waals surface area contributed by atoms with Crippen LogP contribution in [-0.4, -0.2) is 28.1 Å². The number of nitrogens with zero attached hydrogens (tertiary/aromatic N) is 2. The van der Waals surface area contributed by atoms with Gasteiger partial charge in [-0.15, -0.1) is 0 Å². The zero-order valence-corrected chi connectivity index (χ0v) is 22.5. The Morgan fingerprint density at radius 3 is 2.53 bits per heavy atom. The van der Waals surface area contributed by atoms with Gasteiger partial charge in [-0.1, -0.05) is 44.9 Å². The Kier molecular flexibility index (Phi) is 5.48. The van der Waals surface area contributed by atoms with E-state index in [1.54, 1.807) is 12.1 Å². The fourth-order valence-electron chi connectivity index (χ4n) is 9.96. The van der Waals surface area contributed by atoms with Crippen LogP contribution in [-0.2, 0) is 14.4 Å². The van der Waals surface area contributed by atoms with E-state index in [0.717, 1.165) is 25.7 Å². The first-order valence-electron chi connectivity index (χ1n) is 14.0. The van der Waals surface area contributed by atoms with E-state index in [2.05, 4.69) is 26.8 Å². The van der Waals surface area contributed by atoms with Crippen molar-refractivity contribution < 1.29 is 24.7 Å². The van der Waals surface area contributed by atoms with E-state index in [9.17, 15) is 29.9 Å². The van der Waals surface area contributed by atoms with Crippen LogP contribution in [0.15, 0.2) is 35.9 Å². The summed E-state index contributed by atoms with van der Waals surface area (Å²) in [6.45, 7) is 8.47. The van der Waals surface area contributed by atoms with E-state index in [0.29, 0.717) is 18.5 Å². The Balaban J connectivity index is 1.48. The molecule has 7 rings (SSSR count). The summed E-state index contributed by atoms with van der Waals surface area (Å²) in [7, 11) is 0. The Hall–Kier alpha value is -2.71. The molecule has 1 saturated heterocycles. The van der Waals surface area contributed by atoms with Gasteiger partial charge >= 0.3 is 5.97 Å². The van der Waals surface area contributed by atoms with Gasteiger partial charge in [0.15, 0.2) is 0 Å². The highest BCUT2D eigenvalue weighted by Crippen LogP contribution is 2.74. The minimum atomic E-state index is -0.786. The maximum absolute atomic E-state index is 14.3. The monoisotopic (exact) mass is 521 g/mol. The van der Waals surface area contributed by atoms with Crippen LogP contribution in [0.5, 0.6) is 0 Å². The summed E-state index contributed by atoms with van der Waals surface area (Å²) in [4.78, 5) is 42.1. The van der Waals surface area contributed by atoms with E-state index in [1.165, 1.54) is 22.6 Å². The molecule has 8 nitrogen and oxygen atoms in total. The maximum Gasteiger partial charge on any atom is 0.309 e. The first-order valence-corrected chi connectivity index (χ1v) is 14.0. The van der Waals surface area contributed by atoms with Crippen molar-refractivity contribution in [1.29, 1.82) is 0 Å². The molecule has 1 aromatic carbocycles. The van der Waals surface area contributed by atoms with Crippen molar-refractivity contribution in [3.8, 4) is 0 Å². The second kappa shape index (κ2) is 8.15. The van der Waals surface area contributed by atoms with Crippen molar-refractivity contribution in [3.05, 3.63) is 41.1 Å². The highest BCUT2D eigenvalue weighted by atomic mass is 16.8. The van der Waals surface area contributed by atoms with Crippen LogP contribution in [0.1, 0.15) is 66.2 Å². The molecule has 1 aliphatic heterocycles. The molecule has 1 aromatic rings. The van der Waals surface area contributed by atoms with Crippen molar-refractivity contribution in [2.45, 2.75) is 66.2 Å². The summed E-state index contributed by atoms with van der Waals surface area (Å²) in [5.74, 6) is -1.83. The van der Waals surface area contributed by atoms with Crippen LogP contribution in [0.25, 0.3) is 0 Å². The highest BCUT2D eigenvalue weighted by Gasteiger charge is 2.73. The summed E-state index contributed by atoms with van der Waals surface area (Å²) >= 11 is 0. The Morgan fingerprint density at radius 1 is 1.13 bits per heavy atom. The smallest absolute Gasteiger partial charge is 0.309 e. The molecule has 8 atom stereocenters. The Bertz CT molecular complexity index is 1260. The Morgan fingerprint density at radius 2 is 1.87 bits per heavy atom. The van der Waals surface area contributed by atoms with Gasteiger partial charge in [0, 0.05) is 5.41 Å². The molecule has 0 aromatic heterocycles. The molecule has 204 valence electrons. The van der Waals surface area contributed by atoms with Gasteiger partial charge in [-0.3, -0.25) is 19.6 Å². The maximum atomic E-state index is 14.3. The highest BCUT2D eigenvalue weighted by molar-refractivity contribution is 6.23. The van der Waals surface area contributed by atoms with Gasteiger partial charge in [0.05, 0.1) is 28.6 Å². The molecule has 1 heterocycles. The van der Waals surface area contributed by atoms with Crippen LogP contribution in [0, 0.1) is 57.0 Å². The van der Waals surface area contributed by atoms with Crippen molar-refractivity contribution in [2.75, 3.05) is 10.1 Å². The summed E-state index contributed by atoms with van der Waals surface area (Å²) in [5, 5.41) is 31.0. The normalized spacial score (nSPS) is 41.5. The zero-order chi connectivity index (χ0) is 27.4. The summed E-state index contributed by atoms with van der Waals surface area (Å²) in [5.41, 5.74) is -0.00717. The molecule has 2 N–H and O–H groups in total. The number of rotatable bonds is 4. The van der Waals surface area contributed by atoms with Crippen molar-refractivity contribution in [3.63, 3.8) is 0 Å². The number of amides is 2. The SMILES string of the molecule is CC(C)C1=CC23CCC4C(C)(C(=O)O)CCCC4(C)C2CC1C1C(=O)N(c2cccc(N([O-])O)c2)C(=O)C13. The summed E-state index contributed by atoms with van der Waals surface area (Å²) in [6, 6.07) is 6.00. The van der Waals surface area contributed by atoms with Crippen LogP contribution in [0.3, 0.4) is 0 Å². The second-order valence-corrected chi connectivity index (χ2v) is 13.3. The minimum Gasteiger partial charge on any atom is -0.733 e. The fraction of sp³-hybridized carbons (Fsp3) is 0.633. The van der Waals surface area contributed by atoms with Crippen molar-refractivity contribution >= 4 is 29.2 Å². The lowest BCUT2D eigenvalue weighted by atomic mass is 9.34. The first kappa shape index (κ1) is 25.6. The first-order chi connectivity index (χ1) is 17.9. The molecule has 3 saturated carbocycles. The van der Waals surface area contributed by atoms with Gasteiger partial charge in [-0.25, -0.2) is 4.90 Å². The standard InChI is InChI=1S/C30H37N2O6/c1-16(2)20-15-30-12-9-21-28(3,10-6-11-29(21,4)27(35)36)22(30)14-19(20)23-24(30)26(34)31(25(23)33)17-7-5-8-18(13-17)32(37)38/h5,7-8,13,15-16,19,21-24,37H,6,9-12,14H2,1-4H3,(H,35,36)/q-1. The predicted molar refractivity (Wildman–Crippen MR) is 141 cm³/mol. The number of carbonyl (C=O) groups excluding carboxylic acids is 2. The molecule has 6 aliphatic rings. The molecule has 8 heteroatoms. The van der Waals surface area contributed by atoms with Crippen LogP contribution in [0.4, 0.5) is 11.4 Å². The molecule has 8 unspecified atom stereocenters. The lowest BCUT2D eigenvalue weighted by molar-refractivity contribution is -0.194. The molecular weight excluding hydrogens is 484 g/mol. The van der Waals surface area contributed by atoms with Crippen molar-refractivity contribution in [1.82, 2.24) is 0 Å². The molecular formula is C30H37N2O6-. The number of imide groups is 1. The predicted octanol–water partition coefficient (Wildman–Crippen LogP) is 5.40. The molecule has 5 aliphatic carbocycles. The third kappa shape index (κ3) is 3.07. The molecule has 2 bridgehead atoms. The van der Waals surface area contributed by atoms with E-state index in [1.807, 2.05) is 6.92 Å². The lowest BCUT2D eigenvalue weighted by Crippen LogP contribution is -2.65. The summed E-state index contributed by atoms with van der Waals surface area (Å²) < 4.78 is 0. The fourth-order valence-corrected chi connectivity index (χ4v) is 9.96. The number of carboxylic acid groups (broad SMARTS) is 1. The Labute approximate surface area is 223 Å². The quantitative estimate of drug-likeness (QED) is 0.309. The van der Waals surface area contributed by atoms with Crippen molar-refractivity contribution in [2.24, 2.45) is 51.8 Å². The largest absolute Gasteiger partial charge is 0.733 e. The third-order valence-electron chi connectivity index (χ3n) is 11.5. The summed E-state index contributed by atoms with van der Waals surface area (Å²) in [6.07, 6.45) is 7.02. The van der Waals surface area contributed by atoms with E-state index in [-0.39, 0.29) is 51.8 Å². The topological polar surface area (TPSA) is 121 Å². The number of allylic oxidation sites excluding steroid dienone is 2. The average Bonchev–Trinajstić information content (AvgIpc) is 3.15. The van der Waals surface area contributed by atoms with Gasteiger partial charge in [0.25, 0.3) is 0 Å². The van der Waals surface area contributed by atoms with E-state index in [4.69, 9.17) is 0 Å². The second-order valence-electron chi connectivity index (χ2n) is 13.3. The molecule has 2 amide bonds. The molecule has 0 radical (unpaired) electrons. The number of hydrogen-bond acceptors (Lipinski definition) is 6.